The molecule has 0 radical (unpaired) electrons. The molecule has 2 rings (SSSR count). The SMILES string of the molecule is CCN(C(=O)c1cc(O)cc(O)c1)c1cccc(C)c1. The van der Waals surface area contributed by atoms with Crippen LogP contribution in [0.5, 0.6) is 11.5 Å². The van der Waals surface area contributed by atoms with Gasteiger partial charge in [-0.1, -0.05) is 12.1 Å². The predicted octanol–water partition coefficient (Wildman–Crippen LogP) is 3.07. The summed E-state index contributed by atoms with van der Waals surface area (Å²) in [6.45, 7) is 4.34. The first kappa shape index (κ1) is 13.9. The van der Waals surface area contributed by atoms with Crippen molar-refractivity contribution in [2.45, 2.75) is 13.8 Å². The summed E-state index contributed by atoms with van der Waals surface area (Å²) in [5.41, 5.74) is 2.11. The molecule has 0 fully saturated rings. The van der Waals surface area contributed by atoms with E-state index in [1.54, 1.807) is 4.90 Å². The highest BCUT2D eigenvalue weighted by Crippen LogP contribution is 2.24. The van der Waals surface area contributed by atoms with Crippen molar-refractivity contribution in [3.63, 3.8) is 0 Å². The average Bonchev–Trinajstić information content (AvgIpc) is 2.38. The molecule has 2 aromatic carbocycles. The van der Waals surface area contributed by atoms with E-state index in [-0.39, 0.29) is 23.0 Å². The fraction of sp³-hybridized carbons (Fsp3) is 0.188. The van der Waals surface area contributed by atoms with Crippen molar-refractivity contribution >= 4 is 11.6 Å². The Hall–Kier alpha value is -2.49. The molecule has 0 aliphatic rings. The molecule has 2 aromatic rings. The summed E-state index contributed by atoms with van der Waals surface area (Å²) in [6.07, 6.45) is 0. The van der Waals surface area contributed by atoms with Crippen LogP contribution in [0.3, 0.4) is 0 Å². The van der Waals surface area contributed by atoms with Gasteiger partial charge >= 0.3 is 0 Å². The number of nitrogens with zero attached hydrogens (tertiary/aromatic N) is 1. The van der Waals surface area contributed by atoms with Gasteiger partial charge in [0.05, 0.1) is 0 Å². The van der Waals surface area contributed by atoms with Crippen molar-refractivity contribution in [3.8, 4) is 11.5 Å². The van der Waals surface area contributed by atoms with Crippen LogP contribution in [0.1, 0.15) is 22.8 Å². The Balaban J connectivity index is 2.38. The van der Waals surface area contributed by atoms with Gasteiger partial charge in [0.15, 0.2) is 0 Å². The molecule has 0 atom stereocenters. The second-order valence-corrected chi connectivity index (χ2v) is 4.63. The number of benzene rings is 2. The number of hydrogen-bond acceptors (Lipinski definition) is 3. The zero-order chi connectivity index (χ0) is 14.7. The Kier molecular flexibility index (Phi) is 3.94. The van der Waals surface area contributed by atoms with E-state index in [1.165, 1.54) is 18.2 Å². The normalized spacial score (nSPS) is 10.3. The molecule has 4 heteroatoms. The molecule has 0 heterocycles. The highest BCUT2D eigenvalue weighted by Gasteiger charge is 2.17. The minimum atomic E-state index is -0.260. The second kappa shape index (κ2) is 5.65. The van der Waals surface area contributed by atoms with Crippen LogP contribution < -0.4 is 4.90 Å². The molecule has 0 spiro atoms. The number of aryl methyl sites for hydroxylation is 1. The maximum Gasteiger partial charge on any atom is 0.258 e. The Labute approximate surface area is 117 Å². The summed E-state index contributed by atoms with van der Waals surface area (Å²) in [7, 11) is 0. The van der Waals surface area contributed by atoms with Gasteiger partial charge in [-0.25, -0.2) is 0 Å². The van der Waals surface area contributed by atoms with Crippen LogP contribution >= 0.6 is 0 Å². The number of amides is 1. The third kappa shape index (κ3) is 2.91. The van der Waals surface area contributed by atoms with Gasteiger partial charge in [-0.15, -0.1) is 0 Å². The number of hydrogen-bond donors (Lipinski definition) is 2. The van der Waals surface area contributed by atoms with E-state index in [0.29, 0.717) is 6.54 Å². The molecule has 104 valence electrons. The minimum absolute atomic E-state index is 0.131. The Morgan fingerprint density at radius 2 is 1.75 bits per heavy atom. The second-order valence-electron chi connectivity index (χ2n) is 4.63. The molecule has 0 saturated carbocycles. The number of phenols is 2. The van der Waals surface area contributed by atoms with E-state index in [9.17, 15) is 15.0 Å². The fourth-order valence-corrected chi connectivity index (χ4v) is 2.11. The topological polar surface area (TPSA) is 60.8 Å². The molecule has 20 heavy (non-hydrogen) atoms. The van der Waals surface area contributed by atoms with Crippen molar-refractivity contribution in [2.75, 3.05) is 11.4 Å². The van der Waals surface area contributed by atoms with Gasteiger partial charge in [-0.3, -0.25) is 4.79 Å². The lowest BCUT2D eigenvalue weighted by Gasteiger charge is -2.21. The molecule has 0 bridgehead atoms. The number of carbonyl (C=O) groups is 1. The van der Waals surface area contributed by atoms with E-state index in [2.05, 4.69) is 0 Å². The van der Waals surface area contributed by atoms with Crippen LogP contribution in [0.25, 0.3) is 0 Å². The average molecular weight is 271 g/mol. The third-order valence-corrected chi connectivity index (χ3v) is 3.02. The Morgan fingerprint density at radius 1 is 1.10 bits per heavy atom. The van der Waals surface area contributed by atoms with Gasteiger partial charge in [0.25, 0.3) is 5.91 Å². The summed E-state index contributed by atoms with van der Waals surface area (Å²) in [5, 5.41) is 19.0. The van der Waals surface area contributed by atoms with Crippen LogP contribution in [-0.2, 0) is 0 Å². The van der Waals surface area contributed by atoms with E-state index in [1.807, 2.05) is 38.1 Å². The first-order valence-corrected chi connectivity index (χ1v) is 6.43. The molecule has 0 unspecified atom stereocenters. The van der Waals surface area contributed by atoms with Crippen molar-refractivity contribution in [2.24, 2.45) is 0 Å². The maximum atomic E-state index is 12.5. The van der Waals surface area contributed by atoms with Gasteiger partial charge in [0, 0.05) is 23.9 Å². The summed E-state index contributed by atoms with van der Waals surface area (Å²) in [5.74, 6) is -0.522. The largest absolute Gasteiger partial charge is 0.508 e. The van der Waals surface area contributed by atoms with Crippen molar-refractivity contribution < 1.29 is 15.0 Å². The number of aromatic hydroxyl groups is 2. The lowest BCUT2D eigenvalue weighted by atomic mass is 10.1. The monoisotopic (exact) mass is 271 g/mol. The first-order chi connectivity index (χ1) is 9.51. The van der Waals surface area contributed by atoms with Gasteiger partial charge in [0.2, 0.25) is 0 Å². The lowest BCUT2D eigenvalue weighted by molar-refractivity contribution is 0.0987. The number of carbonyl (C=O) groups excluding carboxylic acids is 1. The number of phenolic OH excluding ortho intramolecular Hbond substituents is 2. The van der Waals surface area contributed by atoms with Gasteiger partial charge in [-0.05, 0) is 43.7 Å². The summed E-state index contributed by atoms with van der Waals surface area (Å²) < 4.78 is 0. The van der Waals surface area contributed by atoms with E-state index < -0.39 is 0 Å². The maximum absolute atomic E-state index is 12.5. The van der Waals surface area contributed by atoms with Crippen LogP contribution in [-0.4, -0.2) is 22.7 Å². The zero-order valence-corrected chi connectivity index (χ0v) is 11.5. The molecular weight excluding hydrogens is 254 g/mol. The molecule has 0 saturated heterocycles. The number of anilines is 1. The van der Waals surface area contributed by atoms with Crippen molar-refractivity contribution in [1.82, 2.24) is 0 Å². The summed E-state index contributed by atoms with van der Waals surface area (Å²) in [6, 6.07) is 11.5. The first-order valence-electron chi connectivity index (χ1n) is 6.43. The third-order valence-electron chi connectivity index (χ3n) is 3.02. The molecule has 2 N–H and O–H groups in total. The van der Waals surface area contributed by atoms with Crippen LogP contribution in [0.4, 0.5) is 5.69 Å². The van der Waals surface area contributed by atoms with Crippen LogP contribution in [0, 0.1) is 6.92 Å². The van der Waals surface area contributed by atoms with Crippen molar-refractivity contribution in [3.05, 3.63) is 53.6 Å². The van der Waals surface area contributed by atoms with Crippen LogP contribution in [0.2, 0.25) is 0 Å². The Morgan fingerprint density at radius 3 is 2.30 bits per heavy atom. The predicted molar refractivity (Wildman–Crippen MR) is 78.3 cm³/mol. The Bertz CT molecular complexity index is 617. The molecular formula is C16H17NO3. The van der Waals surface area contributed by atoms with E-state index in [4.69, 9.17) is 0 Å². The van der Waals surface area contributed by atoms with Gasteiger partial charge < -0.3 is 15.1 Å². The zero-order valence-electron chi connectivity index (χ0n) is 11.5. The smallest absolute Gasteiger partial charge is 0.258 e. The quantitative estimate of drug-likeness (QED) is 0.901. The summed E-state index contributed by atoms with van der Waals surface area (Å²) >= 11 is 0. The van der Waals surface area contributed by atoms with Crippen molar-refractivity contribution in [1.29, 1.82) is 0 Å². The summed E-state index contributed by atoms with van der Waals surface area (Å²) in [4.78, 5) is 14.1. The van der Waals surface area contributed by atoms with Gasteiger partial charge in [0.1, 0.15) is 11.5 Å². The number of rotatable bonds is 3. The highest BCUT2D eigenvalue weighted by atomic mass is 16.3. The lowest BCUT2D eigenvalue weighted by Crippen LogP contribution is -2.30. The van der Waals surface area contributed by atoms with Gasteiger partial charge in [-0.2, -0.15) is 0 Å². The molecule has 0 aliphatic carbocycles. The van der Waals surface area contributed by atoms with E-state index >= 15 is 0 Å². The standard InChI is InChI=1S/C16H17NO3/c1-3-17(13-6-4-5-11(2)7-13)16(20)12-8-14(18)10-15(19)9-12/h4-10,18-19H,3H2,1-2H3. The molecule has 0 aromatic heterocycles. The molecule has 1 amide bonds. The van der Waals surface area contributed by atoms with Crippen LogP contribution in [0.15, 0.2) is 42.5 Å². The molecule has 0 aliphatic heterocycles. The fourth-order valence-electron chi connectivity index (χ4n) is 2.11. The molecule has 4 nitrogen and oxygen atoms in total. The van der Waals surface area contributed by atoms with E-state index in [0.717, 1.165) is 11.3 Å². The highest BCUT2D eigenvalue weighted by molar-refractivity contribution is 6.06. The minimum Gasteiger partial charge on any atom is -0.508 e.